The van der Waals surface area contributed by atoms with Crippen LogP contribution in [0.2, 0.25) is 0 Å². The molecule has 1 amide bonds. The van der Waals surface area contributed by atoms with Crippen molar-refractivity contribution in [2.24, 2.45) is 0 Å². The lowest BCUT2D eigenvalue weighted by atomic mass is 9.92. The Labute approximate surface area is 240 Å². The number of aliphatic hydroxyl groups excluding tert-OH is 1. The maximum Gasteiger partial charge on any atom is 0.410 e. The number of hydrogen-bond acceptors (Lipinski definition) is 8. The molecule has 0 aliphatic carbocycles. The Hall–Kier alpha value is -3.52. The highest BCUT2D eigenvalue weighted by atomic mass is 19.1. The van der Waals surface area contributed by atoms with Gasteiger partial charge in [0.25, 0.3) is 0 Å². The lowest BCUT2D eigenvalue weighted by Crippen LogP contribution is -2.64. The number of cyclic esters (lactones) is 1. The molecule has 3 aliphatic rings. The number of nitriles is 1. The highest BCUT2D eigenvalue weighted by Crippen LogP contribution is 2.35. The van der Waals surface area contributed by atoms with Crippen molar-refractivity contribution in [2.45, 2.75) is 65.0 Å². The molecule has 0 saturated carbocycles. The summed E-state index contributed by atoms with van der Waals surface area (Å²) in [7, 11) is 0. The highest BCUT2D eigenvalue weighted by Gasteiger charge is 2.42. The van der Waals surface area contributed by atoms with E-state index in [1.54, 1.807) is 30.0 Å². The molecular weight excluding hydrogens is 527 g/mol. The van der Waals surface area contributed by atoms with Gasteiger partial charge in [0.05, 0.1) is 23.3 Å². The van der Waals surface area contributed by atoms with Crippen LogP contribution in [0.25, 0.3) is 0 Å². The zero-order valence-electron chi connectivity index (χ0n) is 24.2. The van der Waals surface area contributed by atoms with Gasteiger partial charge in [-0.1, -0.05) is 12.1 Å². The smallest absolute Gasteiger partial charge is 0.410 e. The standard InChI is InChI=1S/C31H37FN4O5/c1-18-21(8-9-26(32)24(18)12-33)27-15-35-11-10-34(13-20(35)14-36(27)30(39)41-31(3,4)5)16-28(37)22-6-7-23-25(19(22)2)17-40-29(23)38/h6-9,20,27-28,37H,10-11,13-17H2,1-5H3/t20-,27-,28-/m0/s1. The van der Waals surface area contributed by atoms with Crippen molar-refractivity contribution in [3.63, 3.8) is 0 Å². The molecule has 2 aromatic carbocycles. The number of hydrogen-bond donors (Lipinski definition) is 1. The number of amides is 1. The molecule has 9 nitrogen and oxygen atoms in total. The Morgan fingerprint density at radius 3 is 2.63 bits per heavy atom. The number of ether oxygens (including phenoxy) is 2. The topological polar surface area (TPSA) is 106 Å². The van der Waals surface area contributed by atoms with Crippen molar-refractivity contribution >= 4 is 12.1 Å². The van der Waals surface area contributed by atoms with E-state index in [0.29, 0.717) is 37.3 Å². The molecule has 218 valence electrons. The average molecular weight is 565 g/mol. The van der Waals surface area contributed by atoms with Crippen LogP contribution in [-0.2, 0) is 16.1 Å². The molecular formula is C31H37FN4O5. The van der Waals surface area contributed by atoms with Crippen molar-refractivity contribution in [3.8, 4) is 6.07 Å². The van der Waals surface area contributed by atoms with Gasteiger partial charge in [-0.05, 0) is 69.0 Å². The van der Waals surface area contributed by atoms with E-state index in [1.165, 1.54) is 6.07 Å². The monoisotopic (exact) mass is 564 g/mol. The Balaban J connectivity index is 1.35. The minimum atomic E-state index is -0.743. The highest BCUT2D eigenvalue weighted by molar-refractivity contribution is 5.94. The number of carbonyl (C=O) groups excluding carboxylic acids is 2. The van der Waals surface area contributed by atoms with Crippen molar-refractivity contribution in [1.82, 2.24) is 14.7 Å². The molecule has 10 heteroatoms. The molecule has 0 radical (unpaired) electrons. The average Bonchev–Trinajstić information content (AvgIpc) is 3.29. The van der Waals surface area contributed by atoms with Crippen molar-refractivity contribution < 1.29 is 28.6 Å². The summed E-state index contributed by atoms with van der Waals surface area (Å²) in [5.74, 6) is -0.902. The Morgan fingerprint density at radius 1 is 1.17 bits per heavy atom. The summed E-state index contributed by atoms with van der Waals surface area (Å²) < 4.78 is 25.3. The number of carbonyl (C=O) groups is 2. The van der Waals surface area contributed by atoms with Crippen molar-refractivity contribution in [3.05, 3.63) is 69.0 Å². The number of piperazine rings is 2. The number of benzene rings is 2. The normalized spacial score (nSPS) is 22.0. The number of fused-ring (bicyclic) bond motifs is 2. The molecule has 3 aliphatic heterocycles. The molecule has 0 spiro atoms. The number of rotatable bonds is 4. The second-order valence-electron chi connectivity index (χ2n) is 12.2. The summed E-state index contributed by atoms with van der Waals surface area (Å²) in [6.07, 6.45) is -1.20. The van der Waals surface area contributed by atoms with Crippen LogP contribution < -0.4 is 0 Å². The van der Waals surface area contributed by atoms with Gasteiger partial charge in [0, 0.05) is 50.9 Å². The summed E-state index contributed by atoms with van der Waals surface area (Å²) >= 11 is 0. The lowest BCUT2D eigenvalue weighted by molar-refractivity contribution is -0.0424. The molecule has 3 atom stereocenters. The van der Waals surface area contributed by atoms with Gasteiger partial charge in [-0.3, -0.25) is 14.7 Å². The minimum Gasteiger partial charge on any atom is -0.457 e. The fourth-order valence-corrected chi connectivity index (χ4v) is 6.26. The van der Waals surface area contributed by atoms with Gasteiger partial charge < -0.3 is 14.6 Å². The number of β-amino-alcohol motifs (C(OH)–C–C–N with tert-alkyl or cyclic N) is 1. The number of aliphatic hydroxyl groups is 1. The van der Waals surface area contributed by atoms with Crippen LogP contribution in [0.5, 0.6) is 0 Å². The predicted octanol–water partition coefficient (Wildman–Crippen LogP) is 4.00. The van der Waals surface area contributed by atoms with E-state index >= 15 is 0 Å². The van der Waals surface area contributed by atoms with Gasteiger partial charge in [-0.25, -0.2) is 14.0 Å². The quantitative estimate of drug-likeness (QED) is 0.556. The zero-order valence-corrected chi connectivity index (χ0v) is 24.2. The number of halogens is 1. The Morgan fingerprint density at radius 2 is 1.93 bits per heavy atom. The van der Waals surface area contributed by atoms with E-state index in [-0.39, 0.29) is 24.2 Å². The first kappa shape index (κ1) is 29.0. The Bertz CT molecular complexity index is 1410. The van der Waals surface area contributed by atoms with Crippen LogP contribution in [-0.4, -0.2) is 82.8 Å². The largest absolute Gasteiger partial charge is 0.457 e. The first-order valence-corrected chi connectivity index (χ1v) is 14.0. The molecule has 0 aromatic heterocycles. The third-order valence-electron chi connectivity index (χ3n) is 8.43. The molecule has 2 aromatic rings. The van der Waals surface area contributed by atoms with Crippen molar-refractivity contribution in [1.29, 1.82) is 5.26 Å². The number of esters is 1. The summed E-state index contributed by atoms with van der Waals surface area (Å²) in [4.78, 5) is 31.6. The molecule has 1 N–H and O–H groups in total. The molecule has 0 unspecified atom stereocenters. The molecule has 2 saturated heterocycles. The maximum atomic E-state index is 14.3. The van der Waals surface area contributed by atoms with Gasteiger partial charge in [0.2, 0.25) is 0 Å². The molecule has 41 heavy (non-hydrogen) atoms. The summed E-state index contributed by atoms with van der Waals surface area (Å²) in [6.45, 7) is 12.7. The second kappa shape index (κ2) is 11.0. The lowest BCUT2D eigenvalue weighted by Gasteiger charge is -2.51. The van der Waals surface area contributed by atoms with Crippen molar-refractivity contribution in [2.75, 3.05) is 39.3 Å². The molecule has 0 bridgehead atoms. The van der Waals surface area contributed by atoms with Crippen LogP contribution in [0, 0.1) is 31.0 Å². The van der Waals surface area contributed by atoms with Gasteiger partial charge in [-0.2, -0.15) is 5.26 Å². The van der Waals surface area contributed by atoms with E-state index in [4.69, 9.17) is 9.47 Å². The van der Waals surface area contributed by atoms with Gasteiger partial charge in [-0.15, -0.1) is 0 Å². The zero-order chi connectivity index (χ0) is 29.6. The first-order valence-electron chi connectivity index (χ1n) is 14.0. The summed E-state index contributed by atoms with van der Waals surface area (Å²) in [5, 5.41) is 20.7. The molecule has 5 rings (SSSR count). The maximum absolute atomic E-state index is 14.3. The predicted molar refractivity (Wildman–Crippen MR) is 149 cm³/mol. The summed E-state index contributed by atoms with van der Waals surface area (Å²) in [5.41, 5.74) is 3.61. The third-order valence-corrected chi connectivity index (χ3v) is 8.43. The second-order valence-corrected chi connectivity index (χ2v) is 12.2. The van der Waals surface area contributed by atoms with E-state index in [0.717, 1.165) is 35.3 Å². The fraction of sp³-hybridized carbons (Fsp3) is 0.516. The van der Waals surface area contributed by atoms with E-state index in [1.807, 2.05) is 33.8 Å². The molecule has 2 fully saturated rings. The van der Waals surface area contributed by atoms with E-state index in [2.05, 4.69) is 9.80 Å². The first-order chi connectivity index (χ1) is 19.4. The van der Waals surface area contributed by atoms with E-state index < -0.39 is 29.7 Å². The minimum absolute atomic E-state index is 0.00282. The van der Waals surface area contributed by atoms with Crippen LogP contribution in [0.3, 0.4) is 0 Å². The van der Waals surface area contributed by atoms with Gasteiger partial charge in [0.1, 0.15) is 24.1 Å². The fourth-order valence-electron chi connectivity index (χ4n) is 6.26. The Kier molecular flexibility index (Phi) is 7.81. The van der Waals surface area contributed by atoms with Crippen LogP contribution in [0.15, 0.2) is 24.3 Å². The molecule has 3 heterocycles. The summed E-state index contributed by atoms with van der Waals surface area (Å²) in [6, 6.07) is 8.05. The SMILES string of the molecule is Cc1c([C@@H]2CN3CCN(C[C@H](O)c4ccc5c(c4C)COC5=O)C[C@H]3CN2C(=O)OC(C)(C)C)ccc(F)c1C#N. The van der Waals surface area contributed by atoms with E-state index in [9.17, 15) is 24.3 Å². The van der Waals surface area contributed by atoms with Crippen LogP contribution in [0.1, 0.15) is 76.7 Å². The van der Waals surface area contributed by atoms with Gasteiger partial charge in [0.15, 0.2) is 0 Å². The van der Waals surface area contributed by atoms with Crippen LogP contribution >= 0.6 is 0 Å². The number of nitrogens with zero attached hydrogens (tertiary/aromatic N) is 4. The van der Waals surface area contributed by atoms with Crippen LogP contribution in [0.4, 0.5) is 9.18 Å². The third kappa shape index (κ3) is 5.67. The van der Waals surface area contributed by atoms with Gasteiger partial charge >= 0.3 is 12.1 Å².